The van der Waals surface area contributed by atoms with Crippen LogP contribution in [0.15, 0.2) is 24.3 Å². The number of nitrogens with two attached hydrogens (primary N) is 2. The first-order valence-corrected chi connectivity index (χ1v) is 16.8. The van der Waals surface area contributed by atoms with Crippen LogP contribution >= 0.6 is 0 Å². The van der Waals surface area contributed by atoms with Gasteiger partial charge in [0.2, 0.25) is 0 Å². The summed E-state index contributed by atoms with van der Waals surface area (Å²) in [6.07, 6.45) is 15.6. The fourth-order valence-corrected chi connectivity index (χ4v) is 11.5. The molecule has 8 aliphatic rings. The minimum Gasteiger partial charge on any atom is -0.506 e. The lowest BCUT2D eigenvalue weighted by molar-refractivity contribution is -0.0182. The molecule has 0 radical (unpaired) electrons. The van der Waals surface area contributed by atoms with Crippen molar-refractivity contribution in [1.82, 2.24) is 0 Å². The van der Waals surface area contributed by atoms with Crippen LogP contribution in [0.5, 0.6) is 11.5 Å². The Hall–Kier alpha value is -3.24. The van der Waals surface area contributed by atoms with E-state index in [4.69, 9.17) is 11.5 Å². The smallest absolute Gasteiger partial charge is 0.139 e. The first-order chi connectivity index (χ1) is 20.5. The van der Waals surface area contributed by atoms with Crippen molar-refractivity contribution in [2.75, 3.05) is 11.5 Å². The summed E-state index contributed by atoms with van der Waals surface area (Å²) in [4.78, 5) is 0. The van der Waals surface area contributed by atoms with Gasteiger partial charge in [-0.15, -0.1) is 0 Å². The van der Waals surface area contributed by atoms with Gasteiger partial charge in [0.05, 0.1) is 11.4 Å². The number of benzene rings is 2. The Balaban J connectivity index is 1.20. The standard InChI is InChI=1S/C39H46N2O2/c1-37(2,31-15-33(40)35(42)13-29(31)3-5-38-17-23-7-24(18-38)9-25(8-23)19-38)32-16-34(41)36(43)14-30(32)4-6-39-20-26-10-27(21-39)12-28(11-26)22-39/h13-16,23-28,42-43H,7-12,17-22,40-41H2,1-2H3. The number of rotatable bonds is 2. The van der Waals surface area contributed by atoms with E-state index < -0.39 is 5.41 Å². The number of hydrogen-bond donors (Lipinski definition) is 4. The normalized spacial score (nSPS) is 36.6. The molecule has 8 aliphatic carbocycles. The molecular formula is C39H46N2O2. The van der Waals surface area contributed by atoms with Crippen LogP contribution in [0, 0.1) is 70.0 Å². The van der Waals surface area contributed by atoms with Crippen molar-refractivity contribution in [3.05, 3.63) is 46.5 Å². The lowest BCUT2D eigenvalue weighted by Gasteiger charge is -2.54. The van der Waals surface area contributed by atoms with Crippen LogP contribution in [0.1, 0.15) is 113 Å². The molecule has 4 nitrogen and oxygen atoms in total. The van der Waals surface area contributed by atoms with Crippen molar-refractivity contribution in [3.8, 4) is 35.2 Å². The van der Waals surface area contributed by atoms with Gasteiger partial charge in [-0.2, -0.15) is 0 Å². The maximum absolute atomic E-state index is 10.7. The van der Waals surface area contributed by atoms with Gasteiger partial charge in [0.1, 0.15) is 11.5 Å². The van der Waals surface area contributed by atoms with Gasteiger partial charge in [-0.05, 0) is 148 Å². The summed E-state index contributed by atoms with van der Waals surface area (Å²) in [5, 5.41) is 21.4. The molecule has 0 heterocycles. The molecule has 0 amide bonds. The van der Waals surface area contributed by atoms with Crippen LogP contribution in [-0.4, -0.2) is 10.2 Å². The van der Waals surface area contributed by atoms with Crippen LogP contribution in [-0.2, 0) is 5.41 Å². The summed E-state index contributed by atoms with van der Waals surface area (Å²) in [6, 6.07) is 7.28. The van der Waals surface area contributed by atoms with E-state index in [1.807, 2.05) is 12.1 Å². The van der Waals surface area contributed by atoms with Crippen molar-refractivity contribution in [1.29, 1.82) is 0 Å². The van der Waals surface area contributed by atoms with Gasteiger partial charge in [0.15, 0.2) is 0 Å². The number of phenolic OH excluding ortho intramolecular Hbond substituents is 2. The molecule has 43 heavy (non-hydrogen) atoms. The minimum absolute atomic E-state index is 0.0708. The second kappa shape index (κ2) is 9.38. The van der Waals surface area contributed by atoms with E-state index in [1.54, 1.807) is 12.1 Å². The highest BCUT2D eigenvalue weighted by molar-refractivity contribution is 5.67. The molecule has 2 aromatic carbocycles. The molecule has 4 heteroatoms. The van der Waals surface area contributed by atoms with Crippen LogP contribution < -0.4 is 11.5 Å². The maximum Gasteiger partial charge on any atom is 0.139 e. The van der Waals surface area contributed by atoms with Gasteiger partial charge >= 0.3 is 0 Å². The molecule has 0 saturated heterocycles. The van der Waals surface area contributed by atoms with Gasteiger partial charge in [-0.25, -0.2) is 0 Å². The van der Waals surface area contributed by atoms with Gasteiger partial charge in [-0.3, -0.25) is 0 Å². The fraction of sp³-hybridized carbons (Fsp3) is 0.590. The molecule has 10 rings (SSSR count). The monoisotopic (exact) mass is 574 g/mol. The first-order valence-electron chi connectivity index (χ1n) is 16.8. The van der Waals surface area contributed by atoms with Crippen molar-refractivity contribution >= 4 is 11.4 Å². The van der Waals surface area contributed by atoms with Gasteiger partial charge < -0.3 is 21.7 Å². The molecule has 6 N–H and O–H groups in total. The van der Waals surface area contributed by atoms with E-state index in [1.165, 1.54) is 77.0 Å². The van der Waals surface area contributed by atoms with E-state index in [0.29, 0.717) is 11.4 Å². The average Bonchev–Trinajstić information content (AvgIpc) is 2.92. The Labute approximate surface area is 257 Å². The number of phenols is 2. The summed E-state index contributed by atoms with van der Waals surface area (Å²) in [5.74, 6) is 19.9. The average molecular weight is 575 g/mol. The van der Waals surface area contributed by atoms with Crippen molar-refractivity contribution in [3.63, 3.8) is 0 Å². The van der Waals surface area contributed by atoms with E-state index in [0.717, 1.165) is 57.8 Å². The minimum atomic E-state index is -0.569. The van der Waals surface area contributed by atoms with E-state index in [2.05, 4.69) is 37.5 Å². The van der Waals surface area contributed by atoms with Crippen molar-refractivity contribution in [2.24, 2.45) is 46.3 Å². The number of aromatic hydroxyl groups is 2. The molecule has 2 aromatic rings. The summed E-state index contributed by atoms with van der Waals surface area (Å²) in [6.45, 7) is 4.33. The van der Waals surface area contributed by atoms with Gasteiger partial charge in [0, 0.05) is 27.4 Å². The molecule has 8 fully saturated rings. The Kier molecular flexibility index (Phi) is 5.96. The van der Waals surface area contributed by atoms with E-state index >= 15 is 0 Å². The van der Waals surface area contributed by atoms with Gasteiger partial charge in [-0.1, -0.05) is 37.5 Å². The molecule has 8 bridgehead atoms. The lowest BCUT2D eigenvalue weighted by atomic mass is 9.50. The Bertz CT molecular complexity index is 1440. The summed E-state index contributed by atoms with van der Waals surface area (Å²) < 4.78 is 0. The van der Waals surface area contributed by atoms with E-state index in [-0.39, 0.29) is 22.3 Å². The summed E-state index contributed by atoms with van der Waals surface area (Å²) >= 11 is 0. The number of nitrogen functional groups attached to an aromatic ring is 2. The zero-order valence-corrected chi connectivity index (χ0v) is 25.8. The molecular weight excluding hydrogens is 528 g/mol. The molecule has 0 aliphatic heterocycles. The molecule has 0 aromatic heterocycles. The van der Waals surface area contributed by atoms with Crippen LogP contribution in [0.2, 0.25) is 0 Å². The third kappa shape index (κ3) is 4.60. The highest BCUT2D eigenvalue weighted by atomic mass is 16.3. The molecule has 8 saturated carbocycles. The topological polar surface area (TPSA) is 92.5 Å². The predicted octanol–water partition coefficient (Wildman–Crippen LogP) is 7.72. The van der Waals surface area contributed by atoms with Crippen molar-refractivity contribution < 1.29 is 10.2 Å². The second-order valence-electron chi connectivity index (χ2n) is 16.4. The number of anilines is 2. The van der Waals surface area contributed by atoms with E-state index in [9.17, 15) is 10.2 Å². The third-order valence-corrected chi connectivity index (χ3v) is 12.7. The fourth-order valence-electron chi connectivity index (χ4n) is 11.5. The zero-order valence-electron chi connectivity index (χ0n) is 25.8. The third-order valence-electron chi connectivity index (χ3n) is 12.7. The zero-order chi connectivity index (χ0) is 29.7. The Morgan fingerprint density at radius 1 is 0.581 bits per heavy atom. The summed E-state index contributed by atoms with van der Waals surface area (Å²) in [5.41, 5.74) is 16.6. The SMILES string of the molecule is CC(C)(c1cc(N)c(O)cc1C#CC12CC3CC(CC(C3)C1)C2)c1cc(N)c(O)cc1C#CC12CC3CC(CC(C3)C1)C2. The molecule has 224 valence electrons. The summed E-state index contributed by atoms with van der Waals surface area (Å²) in [7, 11) is 0. The molecule has 0 unspecified atom stereocenters. The largest absolute Gasteiger partial charge is 0.506 e. The lowest BCUT2D eigenvalue weighted by Crippen LogP contribution is -2.45. The van der Waals surface area contributed by atoms with Crippen LogP contribution in [0.4, 0.5) is 11.4 Å². The van der Waals surface area contributed by atoms with Crippen LogP contribution in [0.3, 0.4) is 0 Å². The molecule has 0 spiro atoms. The second-order valence-corrected chi connectivity index (χ2v) is 16.4. The Morgan fingerprint density at radius 3 is 1.19 bits per heavy atom. The predicted molar refractivity (Wildman–Crippen MR) is 172 cm³/mol. The number of hydrogen-bond acceptors (Lipinski definition) is 4. The Morgan fingerprint density at radius 2 is 0.884 bits per heavy atom. The quantitative estimate of drug-likeness (QED) is 0.168. The van der Waals surface area contributed by atoms with Gasteiger partial charge in [0.25, 0.3) is 0 Å². The highest BCUT2D eigenvalue weighted by Gasteiger charge is 2.51. The first kappa shape index (κ1) is 27.3. The maximum atomic E-state index is 10.7. The molecule has 0 atom stereocenters. The van der Waals surface area contributed by atoms with Crippen molar-refractivity contribution in [2.45, 2.75) is 96.3 Å². The highest BCUT2D eigenvalue weighted by Crippen LogP contribution is 2.61. The van der Waals surface area contributed by atoms with Crippen LogP contribution in [0.25, 0.3) is 0 Å².